The second-order valence-corrected chi connectivity index (χ2v) is 11.9. The molecule has 0 radical (unpaired) electrons. The van der Waals surface area contributed by atoms with Gasteiger partial charge in [0.25, 0.3) is 5.91 Å². The maximum absolute atomic E-state index is 13.7. The van der Waals surface area contributed by atoms with Crippen LogP contribution in [0.2, 0.25) is 5.02 Å². The lowest BCUT2D eigenvalue weighted by Crippen LogP contribution is -2.48. The van der Waals surface area contributed by atoms with Gasteiger partial charge in [-0.3, -0.25) is 9.69 Å². The number of carbonyl (C=O) groups excluding carboxylic acids is 1. The molecule has 0 spiro atoms. The van der Waals surface area contributed by atoms with Crippen molar-refractivity contribution in [3.05, 3.63) is 112 Å². The molecule has 1 amide bonds. The SMILES string of the molecule is O=C1C(=Cc2ccccc2)C=C(c2ccc(Cl)cc2)N1c1ccc(C23CC4CC(CC(C4)C2)C3)cc1. The molecule has 1 aliphatic heterocycles. The van der Waals surface area contributed by atoms with Gasteiger partial charge in [0, 0.05) is 16.3 Å². The highest BCUT2D eigenvalue weighted by Crippen LogP contribution is 2.60. The molecule has 180 valence electrons. The highest BCUT2D eigenvalue weighted by molar-refractivity contribution is 6.30. The third kappa shape index (κ3) is 3.74. The number of nitrogens with zero attached hydrogens (tertiary/aromatic N) is 1. The highest BCUT2D eigenvalue weighted by Gasteiger charge is 2.51. The van der Waals surface area contributed by atoms with Crippen LogP contribution in [0, 0.1) is 17.8 Å². The van der Waals surface area contributed by atoms with E-state index in [1.165, 1.54) is 44.1 Å². The van der Waals surface area contributed by atoms with Crippen molar-refractivity contribution >= 4 is 35.0 Å². The van der Waals surface area contributed by atoms with Crippen molar-refractivity contribution in [3.63, 3.8) is 0 Å². The van der Waals surface area contributed by atoms with Crippen molar-refractivity contribution in [2.75, 3.05) is 4.90 Å². The first-order chi connectivity index (χ1) is 17.6. The second kappa shape index (κ2) is 8.49. The molecule has 3 aromatic rings. The van der Waals surface area contributed by atoms with Gasteiger partial charge in [-0.2, -0.15) is 0 Å². The normalized spacial score (nSPS) is 29.8. The van der Waals surface area contributed by atoms with Gasteiger partial charge in [-0.05, 0) is 115 Å². The zero-order valence-corrected chi connectivity index (χ0v) is 21.1. The Morgan fingerprint density at radius 3 is 2.00 bits per heavy atom. The average molecular weight is 492 g/mol. The van der Waals surface area contributed by atoms with E-state index < -0.39 is 0 Å². The van der Waals surface area contributed by atoms with Crippen molar-refractivity contribution in [1.29, 1.82) is 0 Å². The summed E-state index contributed by atoms with van der Waals surface area (Å²) in [7, 11) is 0. The lowest BCUT2D eigenvalue weighted by atomic mass is 9.48. The number of rotatable bonds is 4. The number of amides is 1. The van der Waals surface area contributed by atoms with Gasteiger partial charge in [0.2, 0.25) is 0 Å². The van der Waals surface area contributed by atoms with Gasteiger partial charge in [0.15, 0.2) is 0 Å². The molecule has 3 aromatic carbocycles. The van der Waals surface area contributed by atoms with E-state index in [1.54, 1.807) is 0 Å². The Bertz CT molecular complexity index is 1330. The van der Waals surface area contributed by atoms with Crippen LogP contribution in [0.15, 0.2) is 90.5 Å². The zero-order chi connectivity index (χ0) is 24.3. The molecule has 4 saturated carbocycles. The number of benzene rings is 3. The van der Waals surface area contributed by atoms with E-state index in [9.17, 15) is 4.79 Å². The van der Waals surface area contributed by atoms with Crippen LogP contribution >= 0.6 is 11.6 Å². The van der Waals surface area contributed by atoms with Gasteiger partial charge < -0.3 is 0 Å². The van der Waals surface area contributed by atoms with E-state index in [-0.39, 0.29) is 5.91 Å². The zero-order valence-electron chi connectivity index (χ0n) is 20.4. The summed E-state index contributed by atoms with van der Waals surface area (Å²) in [6.45, 7) is 0. The molecule has 4 bridgehead atoms. The predicted molar refractivity (Wildman–Crippen MR) is 148 cm³/mol. The number of anilines is 1. The first-order valence-electron chi connectivity index (χ1n) is 13.3. The van der Waals surface area contributed by atoms with Crippen LogP contribution in [0.1, 0.15) is 55.2 Å². The van der Waals surface area contributed by atoms with E-state index in [2.05, 4.69) is 24.3 Å². The summed E-state index contributed by atoms with van der Waals surface area (Å²) in [5.74, 6) is 2.76. The summed E-state index contributed by atoms with van der Waals surface area (Å²) in [5, 5.41) is 0.690. The van der Waals surface area contributed by atoms with E-state index >= 15 is 0 Å². The van der Waals surface area contributed by atoms with Gasteiger partial charge in [0.1, 0.15) is 0 Å². The Morgan fingerprint density at radius 2 is 1.39 bits per heavy atom. The molecular weight excluding hydrogens is 462 g/mol. The third-order valence-electron chi connectivity index (χ3n) is 9.02. The molecule has 0 unspecified atom stereocenters. The molecule has 0 aromatic heterocycles. The van der Waals surface area contributed by atoms with Crippen molar-refractivity contribution in [2.24, 2.45) is 17.8 Å². The maximum Gasteiger partial charge on any atom is 0.262 e. The first kappa shape index (κ1) is 22.1. The fraction of sp³-hybridized carbons (Fsp3) is 0.303. The lowest BCUT2D eigenvalue weighted by molar-refractivity contribution is -0.113. The first-order valence-corrected chi connectivity index (χ1v) is 13.6. The van der Waals surface area contributed by atoms with Crippen LogP contribution in [0.25, 0.3) is 11.8 Å². The minimum Gasteiger partial charge on any atom is -0.276 e. The van der Waals surface area contributed by atoms with Gasteiger partial charge >= 0.3 is 0 Å². The van der Waals surface area contributed by atoms with Crippen LogP contribution < -0.4 is 4.90 Å². The smallest absolute Gasteiger partial charge is 0.262 e. The van der Waals surface area contributed by atoms with Crippen LogP contribution in [0.5, 0.6) is 0 Å². The standard InChI is InChI=1S/C33H30ClNO/c34-29-10-6-26(7-11-29)31-18-27(17-22-4-2-1-3-5-22)32(36)35(31)30-12-8-28(9-13-30)33-19-23-14-24(20-33)16-25(15-23)21-33/h1-13,17-18,23-25H,14-16,19-21H2. The maximum atomic E-state index is 13.7. The lowest BCUT2D eigenvalue weighted by Gasteiger charge is -2.57. The summed E-state index contributed by atoms with van der Waals surface area (Å²) in [5.41, 5.74) is 6.34. The Balaban J connectivity index is 1.25. The molecule has 4 fully saturated rings. The number of hydrogen-bond donors (Lipinski definition) is 0. The fourth-order valence-electron chi connectivity index (χ4n) is 7.86. The number of carbonyl (C=O) groups is 1. The molecule has 1 heterocycles. The van der Waals surface area contributed by atoms with Crippen LogP contribution in [0.4, 0.5) is 5.69 Å². The molecule has 5 aliphatic rings. The molecule has 3 heteroatoms. The van der Waals surface area contributed by atoms with Crippen LogP contribution in [-0.4, -0.2) is 5.91 Å². The van der Waals surface area contributed by atoms with Crippen molar-refractivity contribution in [1.82, 2.24) is 0 Å². The van der Waals surface area contributed by atoms with Gasteiger partial charge in [-0.25, -0.2) is 0 Å². The van der Waals surface area contributed by atoms with E-state index in [1.807, 2.05) is 71.6 Å². The minimum atomic E-state index is 0.00589. The van der Waals surface area contributed by atoms with Crippen molar-refractivity contribution in [3.8, 4) is 0 Å². The van der Waals surface area contributed by atoms with Crippen molar-refractivity contribution < 1.29 is 4.79 Å². The molecule has 8 rings (SSSR count). The van der Waals surface area contributed by atoms with E-state index in [0.717, 1.165) is 40.3 Å². The summed E-state index contributed by atoms with van der Waals surface area (Å²) >= 11 is 6.17. The quantitative estimate of drug-likeness (QED) is 0.336. The number of hydrogen-bond acceptors (Lipinski definition) is 1. The highest BCUT2D eigenvalue weighted by atomic mass is 35.5. The van der Waals surface area contributed by atoms with Crippen molar-refractivity contribution in [2.45, 2.75) is 43.9 Å². The summed E-state index contributed by atoms with van der Waals surface area (Å²) in [4.78, 5) is 15.6. The Labute approximate surface area is 218 Å². The molecule has 0 N–H and O–H groups in total. The fourth-order valence-corrected chi connectivity index (χ4v) is 7.99. The van der Waals surface area contributed by atoms with Crippen LogP contribution in [-0.2, 0) is 10.2 Å². The Hall–Kier alpha value is -3.10. The topological polar surface area (TPSA) is 20.3 Å². The molecule has 0 atom stereocenters. The van der Waals surface area contributed by atoms with Gasteiger partial charge in [-0.15, -0.1) is 0 Å². The molecular formula is C33H30ClNO. The Morgan fingerprint density at radius 1 is 0.778 bits per heavy atom. The molecule has 4 aliphatic carbocycles. The molecule has 36 heavy (non-hydrogen) atoms. The molecule has 0 saturated heterocycles. The van der Waals surface area contributed by atoms with E-state index in [0.29, 0.717) is 16.0 Å². The summed E-state index contributed by atoms with van der Waals surface area (Å²) in [6.07, 6.45) is 12.4. The monoisotopic (exact) mass is 491 g/mol. The largest absolute Gasteiger partial charge is 0.276 e. The predicted octanol–water partition coefficient (Wildman–Crippen LogP) is 8.28. The average Bonchev–Trinajstić information content (AvgIpc) is 3.20. The molecule has 2 nitrogen and oxygen atoms in total. The third-order valence-corrected chi connectivity index (χ3v) is 9.27. The van der Waals surface area contributed by atoms with E-state index in [4.69, 9.17) is 11.6 Å². The Kier molecular flexibility index (Phi) is 5.22. The van der Waals surface area contributed by atoms with Gasteiger partial charge in [-0.1, -0.05) is 66.2 Å². The minimum absolute atomic E-state index is 0.00589. The van der Waals surface area contributed by atoms with Gasteiger partial charge in [0.05, 0.1) is 5.70 Å². The van der Waals surface area contributed by atoms with Crippen LogP contribution in [0.3, 0.4) is 0 Å². The summed E-state index contributed by atoms with van der Waals surface area (Å²) in [6, 6.07) is 26.7. The second-order valence-electron chi connectivity index (χ2n) is 11.4. The summed E-state index contributed by atoms with van der Waals surface area (Å²) < 4.78 is 0. The number of halogens is 1.